The van der Waals surface area contributed by atoms with Crippen LogP contribution in [-0.2, 0) is 6.54 Å². The van der Waals surface area contributed by atoms with Gasteiger partial charge in [-0.15, -0.1) is 0 Å². The molecule has 0 bridgehead atoms. The van der Waals surface area contributed by atoms with Gasteiger partial charge in [0.1, 0.15) is 5.82 Å². The number of aryl methyl sites for hydroxylation is 1. The van der Waals surface area contributed by atoms with Crippen molar-refractivity contribution >= 4 is 5.69 Å². The van der Waals surface area contributed by atoms with Crippen LogP contribution in [-0.4, -0.2) is 15.0 Å². The van der Waals surface area contributed by atoms with E-state index in [4.69, 9.17) is 0 Å². The van der Waals surface area contributed by atoms with Gasteiger partial charge in [0.2, 0.25) is 0 Å². The highest BCUT2D eigenvalue weighted by Gasteiger charge is 2.03. The lowest BCUT2D eigenvalue weighted by molar-refractivity contribution is 0.612. The van der Waals surface area contributed by atoms with Gasteiger partial charge in [-0.2, -0.15) is 15.0 Å². The molecule has 5 heteroatoms. The zero-order valence-corrected chi connectivity index (χ0v) is 11.6. The smallest absolute Gasteiger partial charge is 0.128 e. The third-order valence-electron chi connectivity index (χ3n) is 3.20. The van der Waals surface area contributed by atoms with Crippen molar-refractivity contribution < 1.29 is 4.39 Å². The molecule has 1 aromatic heterocycles. The quantitative estimate of drug-likeness (QED) is 0.798. The minimum absolute atomic E-state index is 0.189. The number of rotatable bonds is 4. The van der Waals surface area contributed by atoms with Crippen molar-refractivity contribution in [3.05, 3.63) is 71.8 Å². The topological polar surface area (TPSA) is 42.7 Å². The third-order valence-corrected chi connectivity index (χ3v) is 3.20. The summed E-state index contributed by atoms with van der Waals surface area (Å²) in [5.74, 6) is -0.189. The molecule has 106 valence electrons. The van der Waals surface area contributed by atoms with Gasteiger partial charge in [-0.3, -0.25) is 0 Å². The lowest BCUT2D eigenvalue weighted by Gasteiger charge is -2.09. The molecule has 0 amide bonds. The van der Waals surface area contributed by atoms with E-state index in [1.54, 1.807) is 23.3 Å². The molecule has 0 fully saturated rings. The zero-order valence-electron chi connectivity index (χ0n) is 11.6. The van der Waals surface area contributed by atoms with Crippen molar-refractivity contribution in [3.63, 3.8) is 0 Å². The second kappa shape index (κ2) is 5.75. The van der Waals surface area contributed by atoms with Crippen LogP contribution in [0.25, 0.3) is 5.69 Å². The first kappa shape index (κ1) is 13.3. The molecule has 0 aliphatic rings. The summed E-state index contributed by atoms with van der Waals surface area (Å²) in [5, 5.41) is 11.3. The summed E-state index contributed by atoms with van der Waals surface area (Å²) in [6.07, 6.45) is 3.26. The Morgan fingerprint density at radius 1 is 1.05 bits per heavy atom. The average molecular weight is 282 g/mol. The van der Waals surface area contributed by atoms with Gasteiger partial charge in [-0.1, -0.05) is 17.7 Å². The van der Waals surface area contributed by atoms with E-state index < -0.39 is 0 Å². The first-order valence-electron chi connectivity index (χ1n) is 6.68. The fourth-order valence-corrected chi connectivity index (χ4v) is 2.10. The van der Waals surface area contributed by atoms with Crippen LogP contribution in [0.4, 0.5) is 10.1 Å². The van der Waals surface area contributed by atoms with Gasteiger partial charge >= 0.3 is 0 Å². The Balaban J connectivity index is 1.70. The number of aromatic nitrogens is 3. The number of halogens is 1. The molecular formula is C16H15FN4. The van der Waals surface area contributed by atoms with E-state index in [2.05, 4.69) is 15.5 Å². The van der Waals surface area contributed by atoms with Crippen LogP contribution in [0.5, 0.6) is 0 Å². The molecule has 3 aromatic rings. The fraction of sp³-hybridized carbons (Fsp3) is 0.125. The SMILES string of the molecule is Cc1ccc(F)c(CNc2ccc(-n3nccn3)cc2)c1. The summed E-state index contributed by atoms with van der Waals surface area (Å²) in [6.45, 7) is 2.40. The number of benzene rings is 2. The van der Waals surface area contributed by atoms with E-state index in [-0.39, 0.29) is 5.82 Å². The second-order valence-electron chi connectivity index (χ2n) is 4.81. The molecule has 0 aliphatic carbocycles. The Kier molecular flexibility index (Phi) is 3.64. The number of anilines is 1. The monoisotopic (exact) mass is 282 g/mol. The maximum absolute atomic E-state index is 13.7. The molecule has 1 heterocycles. The lowest BCUT2D eigenvalue weighted by atomic mass is 10.1. The zero-order chi connectivity index (χ0) is 14.7. The van der Waals surface area contributed by atoms with Gasteiger partial charge in [0.15, 0.2) is 0 Å². The van der Waals surface area contributed by atoms with Crippen LogP contribution in [0.1, 0.15) is 11.1 Å². The van der Waals surface area contributed by atoms with Crippen LogP contribution in [0.2, 0.25) is 0 Å². The van der Waals surface area contributed by atoms with Crippen LogP contribution in [0.3, 0.4) is 0 Å². The molecule has 0 aliphatic heterocycles. The molecule has 0 radical (unpaired) electrons. The Labute approximate surface area is 122 Å². The Morgan fingerprint density at radius 2 is 1.76 bits per heavy atom. The van der Waals surface area contributed by atoms with E-state index in [9.17, 15) is 4.39 Å². The molecule has 0 atom stereocenters. The van der Waals surface area contributed by atoms with Crippen molar-refractivity contribution in [1.82, 2.24) is 15.0 Å². The van der Waals surface area contributed by atoms with E-state index in [1.807, 2.05) is 37.3 Å². The Morgan fingerprint density at radius 3 is 2.48 bits per heavy atom. The van der Waals surface area contributed by atoms with Gasteiger partial charge < -0.3 is 5.32 Å². The molecule has 0 unspecified atom stereocenters. The van der Waals surface area contributed by atoms with E-state index in [1.165, 1.54) is 6.07 Å². The van der Waals surface area contributed by atoms with Gasteiger partial charge in [0, 0.05) is 17.8 Å². The van der Waals surface area contributed by atoms with E-state index in [0.29, 0.717) is 12.1 Å². The summed E-state index contributed by atoms with van der Waals surface area (Å²) in [5.41, 5.74) is 3.51. The fourth-order valence-electron chi connectivity index (χ4n) is 2.10. The molecule has 3 rings (SSSR count). The van der Waals surface area contributed by atoms with E-state index >= 15 is 0 Å². The number of nitrogens with zero attached hydrogens (tertiary/aromatic N) is 3. The Hall–Kier alpha value is -2.69. The van der Waals surface area contributed by atoms with Crippen molar-refractivity contribution in [3.8, 4) is 5.69 Å². The van der Waals surface area contributed by atoms with Crippen molar-refractivity contribution in [1.29, 1.82) is 0 Å². The van der Waals surface area contributed by atoms with Crippen LogP contribution >= 0.6 is 0 Å². The highest BCUT2D eigenvalue weighted by molar-refractivity contribution is 5.48. The van der Waals surface area contributed by atoms with Gasteiger partial charge in [0.25, 0.3) is 0 Å². The van der Waals surface area contributed by atoms with Crippen LogP contribution in [0.15, 0.2) is 54.9 Å². The Bertz CT molecular complexity index is 721. The number of hydrogen-bond donors (Lipinski definition) is 1. The minimum Gasteiger partial charge on any atom is -0.381 e. The second-order valence-corrected chi connectivity index (χ2v) is 4.81. The molecular weight excluding hydrogens is 267 g/mol. The van der Waals surface area contributed by atoms with Crippen molar-refractivity contribution in [2.45, 2.75) is 13.5 Å². The maximum Gasteiger partial charge on any atom is 0.128 e. The van der Waals surface area contributed by atoms with Crippen molar-refractivity contribution in [2.75, 3.05) is 5.32 Å². The number of nitrogens with one attached hydrogen (secondary N) is 1. The number of hydrogen-bond acceptors (Lipinski definition) is 3. The minimum atomic E-state index is -0.189. The molecule has 1 N–H and O–H groups in total. The molecule has 0 spiro atoms. The predicted octanol–water partition coefficient (Wildman–Crippen LogP) is 3.33. The van der Waals surface area contributed by atoms with Crippen LogP contribution in [0, 0.1) is 12.7 Å². The summed E-state index contributed by atoms with van der Waals surface area (Å²) < 4.78 is 13.7. The first-order chi connectivity index (χ1) is 10.2. The van der Waals surface area contributed by atoms with Gasteiger partial charge in [-0.25, -0.2) is 4.39 Å². The van der Waals surface area contributed by atoms with Gasteiger partial charge in [-0.05, 0) is 37.3 Å². The summed E-state index contributed by atoms with van der Waals surface area (Å²) in [7, 11) is 0. The van der Waals surface area contributed by atoms with Crippen LogP contribution < -0.4 is 5.32 Å². The average Bonchev–Trinajstić information content (AvgIpc) is 3.03. The highest BCUT2D eigenvalue weighted by atomic mass is 19.1. The molecule has 0 saturated carbocycles. The predicted molar refractivity (Wildman–Crippen MR) is 79.8 cm³/mol. The normalized spacial score (nSPS) is 10.6. The lowest BCUT2D eigenvalue weighted by Crippen LogP contribution is -2.03. The summed E-state index contributed by atoms with van der Waals surface area (Å²) in [6, 6.07) is 12.8. The maximum atomic E-state index is 13.7. The molecule has 4 nitrogen and oxygen atoms in total. The van der Waals surface area contributed by atoms with E-state index in [0.717, 1.165) is 16.9 Å². The molecule has 2 aromatic carbocycles. The third kappa shape index (κ3) is 3.08. The highest BCUT2D eigenvalue weighted by Crippen LogP contribution is 2.15. The van der Waals surface area contributed by atoms with Gasteiger partial charge in [0.05, 0.1) is 18.1 Å². The summed E-state index contributed by atoms with van der Waals surface area (Å²) in [4.78, 5) is 1.55. The standard InChI is InChI=1S/C16H15FN4/c1-12-2-7-16(17)13(10-12)11-18-14-3-5-15(6-4-14)21-19-8-9-20-21/h2-10,18H,11H2,1H3. The molecule has 0 saturated heterocycles. The molecule has 21 heavy (non-hydrogen) atoms. The van der Waals surface area contributed by atoms with Crippen molar-refractivity contribution in [2.24, 2.45) is 0 Å². The first-order valence-corrected chi connectivity index (χ1v) is 6.68. The summed E-state index contributed by atoms with van der Waals surface area (Å²) >= 11 is 0. The largest absolute Gasteiger partial charge is 0.381 e.